The van der Waals surface area contributed by atoms with Gasteiger partial charge in [-0.1, -0.05) is 36.4 Å². The van der Waals surface area contributed by atoms with Crippen LogP contribution in [-0.2, 0) is 16.8 Å². The van der Waals surface area contributed by atoms with Gasteiger partial charge in [-0.3, -0.25) is 0 Å². The highest BCUT2D eigenvalue weighted by atomic mass is 16.5. The Hall–Kier alpha value is -1.34. The van der Waals surface area contributed by atoms with Gasteiger partial charge >= 0.3 is 0 Å². The fourth-order valence-electron chi connectivity index (χ4n) is 2.75. The van der Waals surface area contributed by atoms with Gasteiger partial charge in [0, 0.05) is 0 Å². The van der Waals surface area contributed by atoms with E-state index in [1.807, 2.05) is 12.2 Å². The largest absolute Gasteiger partial charge is 0.366 e. The van der Waals surface area contributed by atoms with E-state index in [2.05, 4.69) is 37.4 Å². The second kappa shape index (κ2) is 5.33. The third kappa shape index (κ3) is 2.34. The molecule has 0 amide bonds. The highest BCUT2D eigenvalue weighted by Gasteiger charge is 2.35. The fraction of sp³-hybridized carbons (Fsp3) is 0.375. The zero-order valence-corrected chi connectivity index (χ0v) is 10.3. The summed E-state index contributed by atoms with van der Waals surface area (Å²) in [4.78, 5) is 0. The van der Waals surface area contributed by atoms with E-state index in [0.717, 1.165) is 19.3 Å². The summed E-state index contributed by atoms with van der Waals surface area (Å²) in [6, 6.07) is 8.61. The third-order valence-electron chi connectivity index (χ3n) is 3.49. The molecular formula is C16H20O. The van der Waals surface area contributed by atoms with E-state index in [9.17, 15) is 0 Å². The van der Waals surface area contributed by atoms with Crippen LogP contribution in [0.5, 0.6) is 0 Å². The first-order chi connectivity index (χ1) is 8.32. The first kappa shape index (κ1) is 12.1. The molecular weight excluding hydrogens is 208 g/mol. The molecule has 0 N–H and O–H groups in total. The van der Waals surface area contributed by atoms with Crippen molar-refractivity contribution in [3.63, 3.8) is 0 Å². The second-order valence-electron chi connectivity index (χ2n) is 4.60. The maximum Gasteiger partial charge on any atom is 0.0972 e. The van der Waals surface area contributed by atoms with Crippen LogP contribution >= 0.6 is 0 Å². The monoisotopic (exact) mass is 228 g/mol. The SMILES string of the molecule is C=CCO[C@]1(CC=C)CCCc2ccccc21. The lowest BCUT2D eigenvalue weighted by Gasteiger charge is -2.38. The molecule has 0 spiro atoms. The zero-order chi connectivity index (χ0) is 12.1. The number of rotatable bonds is 5. The van der Waals surface area contributed by atoms with Gasteiger partial charge in [0.2, 0.25) is 0 Å². The van der Waals surface area contributed by atoms with Gasteiger partial charge in [-0.25, -0.2) is 0 Å². The van der Waals surface area contributed by atoms with Gasteiger partial charge in [0.1, 0.15) is 0 Å². The Labute approximate surface area is 104 Å². The minimum absolute atomic E-state index is 0.176. The lowest BCUT2D eigenvalue weighted by molar-refractivity contribution is -0.0468. The molecule has 0 saturated carbocycles. The molecule has 1 aliphatic carbocycles. The first-order valence-electron chi connectivity index (χ1n) is 6.26. The minimum Gasteiger partial charge on any atom is -0.366 e. The number of ether oxygens (including phenoxy) is 1. The summed E-state index contributed by atoms with van der Waals surface area (Å²) in [6.45, 7) is 8.22. The van der Waals surface area contributed by atoms with Gasteiger partial charge in [-0.2, -0.15) is 0 Å². The van der Waals surface area contributed by atoms with Crippen LogP contribution < -0.4 is 0 Å². The van der Waals surface area contributed by atoms with Crippen LogP contribution in [0.15, 0.2) is 49.6 Å². The van der Waals surface area contributed by atoms with Crippen molar-refractivity contribution in [2.45, 2.75) is 31.3 Å². The molecule has 1 aromatic carbocycles. The lowest BCUT2D eigenvalue weighted by atomic mass is 9.77. The molecule has 2 rings (SSSR count). The molecule has 17 heavy (non-hydrogen) atoms. The molecule has 0 bridgehead atoms. The van der Waals surface area contributed by atoms with Gasteiger partial charge < -0.3 is 4.74 Å². The van der Waals surface area contributed by atoms with Crippen molar-refractivity contribution in [3.8, 4) is 0 Å². The third-order valence-corrected chi connectivity index (χ3v) is 3.49. The molecule has 1 nitrogen and oxygen atoms in total. The maximum atomic E-state index is 6.10. The fourth-order valence-corrected chi connectivity index (χ4v) is 2.75. The van der Waals surface area contributed by atoms with Gasteiger partial charge in [-0.05, 0) is 36.8 Å². The summed E-state index contributed by atoms with van der Waals surface area (Å²) >= 11 is 0. The van der Waals surface area contributed by atoms with Crippen molar-refractivity contribution in [1.29, 1.82) is 0 Å². The van der Waals surface area contributed by atoms with Crippen molar-refractivity contribution in [2.75, 3.05) is 6.61 Å². The van der Waals surface area contributed by atoms with Gasteiger partial charge in [0.05, 0.1) is 12.2 Å². The van der Waals surface area contributed by atoms with Crippen LogP contribution in [0.1, 0.15) is 30.4 Å². The molecule has 0 aliphatic heterocycles. The summed E-state index contributed by atoms with van der Waals surface area (Å²) in [5.74, 6) is 0. The van der Waals surface area contributed by atoms with E-state index in [1.54, 1.807) is 0 Å². The first-order valence-corrected chi connectivity index (χ1v) is 6.26. The van der Waals surface area contributed by atoms with Gasteiger partial charge in [0.25, 0.3) is 0 Å². The molecule has 0 fully saturated rings. The van der Waals surface area contributed by atoms with E-state index >= 15 is 0 Å². The zero-order valence-electron chi connectivity index (χ0n) is 10.3. The highest BCUT2D eigenvalue weighted by Crippen LogP contribution is 2.41. The Morgan fingerprint density at radius 3 is 2.82 bits per heavy atom. The number of fused-ring (bicyclic) bond motifs is 1. The molecule has 90 valence electrons. The molecule has 1 heteroatoms. The normalized spacial score (nSPS) is 22.8. The lowest BCUT2D eigenvalue weighted by Crippen LogP contribution is -2.33. The Bertz CT molecular complexity index is 408. The molecule has 0 heterocycles. The standard InChI is InChI=1S/C16H20O/c1-3-11-16(17-13-4-2)12-7-9-14-8-5-6-10-15(14)16/h3-6,8,10H,1-2,7,9,11-13H2/t16-/m1/s1. The number of hydrogen-bond donors (Lipinski definition) is 0. The van der Waals surface area contributed by atoms with Crippen LogP contribution in [-0.4, -0.2) is 6.61 Å². The predicted octanol–water partition coefficient (Wildman–Crippen LogP) is 4.00. The van der Waals surface area contributed by atoms with E-state index in [4.69, 9.17) is 4.74 Å². The minimum atomic E-state index is -0.176. The summed E-state index contributed by atoms with van der Waals surface area (Å²) in [5, 5.41) is 0. The van der Waals surface area contributed by atoms with E-state index in [1.165, 1.54) is 17.5 Å². The quantitative estimate of drug-likeness (QED) is 0.692. The second-order valence-corrected chi connectivity index (χ2v) is 4.60. The smallest absolute Gasteiger partial charge is 0.0972 e. The molecule has 1 aromatic rings. The van der Waals surface area contributed by atoms with E-state index in [-0.39, 0.29) is 5.60 Å². The van der Waals surface area contributed by atoms with Crippen LogP contribution in [0, 0.1) is 0 Å². The Kier molecular flexibility index (Phi) is 3.80. The Morgan fingerprint density at radius 2 is 2.06 bits per heavy atom. The number of benzene rings is 1. The summed E-state index contributed by atoms with van der Waals surface area (Å²) < 4.78 is 6.10. The number of aryl methyl sites for hydroxylation is 1. The van der Waals surface area contributed by atoms with Crippen LogP contribution in [0.2, 0.25) is 0 Å². The highest BCUT2D eigenvalue weighted by molar-refractivity contribution is 5.35. The van der Waals surface area contributed by atoms with Crippen molar-refractivity contribution < 1.29 is 4.74 Å². The number of hydrogen-bond acceptors (Lipinski definition) is 1. The van der Waals surface area contributed by atoms with Crippen molar-refractivity contribution in [2.24, 2.45) is 0 Å². The molecule has 0 aromatic heterocycles. The summed E-state index contributed by atoms with van der Waals surface area (Å²) in [6.07, 6.45) is 8.07. The Morgan fingerprint density at radius 1 is 1.24 bits per heavy atom. The average Bonchev–Trinajstić information content (AvgIpc) is 2.37. The van der Waals surface area contributed by atoms with Crippen LogP contribution in [0.3, 0.4) is 0 Å². The molecule has 1 atom stereocenters. The molecule has 0 radical (unpaired) electrons. The van der Waals surface area contributed by atoms with E-state index in [0.29, 0.717) is 6.61 Å². The predicted molar refractivity (Wildman–Crippen MR) is 72.0 cm³/mol. The maximum absolute atomic E-state index is 6.10. The van der Waals surface area contributed by atoms with Gasteiger partial charge in [0.15, 0.2) is 0 Å². The van der Waals surface area contributed by atoms with Crippen molar-refractivity contribution in [3.05, 3.63) is 60.7 Å². The topological polar surface area (TPSA) is 9.23 Å². The van der Waals surface area contributed by atoms with Gasteiger partial charge in [-0.15, -0.1) is 13.2 Å². The van der Waals surface area contributed by atoms with Crippen molar-refractivity contribution in [1.82, 2.24) is 0 Å². The molecule has 1 aliphatic rings. The molecule has 0 saturated heterocycles. The van der Waals surface area contributed by atoms with Crippen LogP contribution in [0.25, 0.3) is 0 Å². The average molecular weight is 228 g/mol. The molecule has 0 unspecified atom stereocenters. The van der Waals surface area contributed by atoms with E-state index < -0.39 is 0 Å². The van der Waals surface area contributed by atoms with Crippen LogP contribution in [0.4, 0.5) is 0 Å². The van der Waals surface area contributed by atoms with Crippen molar-refractivity contribution >= 4 is 0 Å². The Balaban J connectivity index is 2.38. The summed E-state index contributed by atoms with van der Waals surface area (Å²) in [7, 11) is 0. The summed E-state index contributed by atoms with van der Waals surface area (Å²) in [5.41, 5.74) is 2.59.